The molecule has 0 atom stereocenters. The summed E-state index contributed by atoms with van der Waals surface area (Å²) >= 11 is 0. The molecule has 82 valence electrons. The summed E-state index contributed by atoms with van der Waals surface area (Å²) in [6.07, 6.45) is 5.02. The number of carboxylic acids is 1. The monoisotopic (exact) mass is 209 g/mol. The van der Waals surface area contributed by atoms with Gasteiger partial charge in [-0.15, -0.1) is 0 Å². The van der Waals surface area contributed by atoms with Crippen LogP contribution in [0.15, 0.2) is 10.7 Å². The molecule has 15 heavy (non-hydrogen) atoms. The zero-order valence-corrected chi connectivity index (χ0v) is 8.77. The lowest BCUT2D eigenvalue weighted by Gasteiger charge is -2.24. The topological polar surface area (TPSA) is 63.3 Å². The quantitative estimate of drug-likeness (QED) is 0.812. The molecule has 1 fully saturated rings. The maximum Gasteiger partial charge on any atom is 0.306 e. The summed E-state index contributed by atoms with van der Waals surface area (Å²) in [5.74, 6) is 0.252. The Kier molecular flexibility index (Phi) is 2.75. The second kappa shape index (κ2) is 4.04. The fraction of sp³-hybridized carbons (Fsp3) is 0.636. The highest BCUT2D eigenvalue weighted by molar-refractivity contribution is 5.70. The number of rotatable bonds is 2. The number of hydrogen-bond acceptors (Lipinski definition) is 3. The summed E-state index contributed by atoms with van der Waals surface area (Å²) in [4.78, 5) is 15.1. The maximum absolute atomic E-state index is 10.8. The Labute approximate surface area is 88.3 Å². The largest absolute Gasteiger partial charge is 0.481 e. The number of aryl methyl sites for hydroxylation is 1. The summed E-state index contributed by atoms with van der Waals surface area (Å²) in [6.45, 7) is 1.83. The van der Waals surface area contributed by atoms with Crippen LogP contribution < -0.4 is 0 Å². The Morgan fingerprint density at radius 1 is 1.47 bits per heavy atom. The Morgan fingerprint density at radius 2 is 2.13 bits per heavy atom. The number of nitrogens with zero attached hydrogens (tertiary/aromatic N) is 1. The van der Waals surface area contributed by atoms with Crippen molar-refractivity contribution < 1.29 is 14.3 Å². The Bertz CT molecular complexity index is 350. The first-order valence-corrected chi connectivity index (χ1v) is 5.31. The Hall–Kier alpha value is -1.32. The van der Waals surface area contributed by atoms with Gasteiger partial charge in [-0.05, 0) is 25.7 Å². The van der Waals surface area contributed by atoms with Gasteiger partial charge in [0, 0.05) is 12.8 Å². The lowest BCUT2D eigenvalue weighted by molar-refractivity contribution is -0.142. The van der Waals surface area contributed by atoms with Gasteiger partial charge in [0.1, 0.15) is 6.26 Å². The molecule has 1 aliphatic rings. The van der Waals surface area contributed by atoms with Gasteiger partial charge in [-0.2, -0.15) is 0 Å². The molecule has 2 rings (SSSR count). The molecule has 4 heteroatoms. The summed E-state index contributed by atoms with van der Waals surface area (Å²) in [5, 5.41) is 8.87. The number of oxazole rings is 1. The molecule has 1 aliphatic carbocycles. The van der Waals surface area contributed by atoms with Crippen molar-refractivity contribution in [3.63, 3.8) is 0 Å². The Balaban J connectivity index is 1.96. The van der Waals surface area contributed by atoms with Crippen molar-refractivity contribution in [2.75, 3.05) is 0 Å². The van der Waals surface area contributed by atoms with Crippen LogP contribution in [0.2, 0.25) is 0 Å². The smallest absolute Gasteiger partial charge is 0.306 e. The molecule has 1 aromatic heterocycles. The number of carbonyl (C=O) groups is 1. The maximum atomic E-state index is 10.8. The summed E-state index contributed by atoms with van der Waals surface area (Å²) in [5.41, 5.74) is 0.983. The molecule has 1 saturated carbocycles. The molecular formula is C11H15NO3. The van der Waals surface area contributed by atoms with Crippen molar-refractivity contribution in [3.8, 4) is 0 Å². The normalized spacial score (nSPS) is 26.5. The standard InChI is InChI=1S/C11H15NO3/c1-7-12-10(6-15-7)8-2-4-9(5-3-8)11(13)14/h6,8-9H,2-5H2,1H3,(H,13,14). The zero-order chi connectivity index (χ0) is 10.8. The highest BCUT2D eigenvalue weighted by atomic mass is 16.4. The molecule has 0 unspecified atom stereocenters. The van der Waals surface area contributed by atoms with Crippen molar-refractivity contribution in [1.82, 2.24) is 4.98 Å². The first-order valence-electron chi connectivity index (χ1n) is 5.31. The Morgan fingerprint density at radius 3 is 2.60 bits per heavy atom. The van der Waals surface area contributed by atoms with Gasteiger partial charge in [0.15, 0.2) is 5.89 Å². The van der Waals surface area contributed by atoms with Gasteiger partial charge in [0.05, 0.1) is 11.6 Å². The van der Waals surface area contributed by atoms with Crippen LogP contribution in [0.25, 0.3) is 0 Å². The molecule has 0 bridgehead atoms. The lowest BCUT2D eigenvalue weighted by Crippen LogP contribution is -2.20. The van der Waals surface area contributed by atoms with Gasteiger partial charge >= 0.3 is 5.97 Å². The number of aromatic nitrogens is 1. The molecular weight excluding hydrogens is 194 g/mol. The molecule has 1 N–H and O–H groups in total. The third kappa shape index (κ3) is 2.19. The number of hydrogen-bond donors (Lipinski definition) is 1. The third-order valence-corrected chi connectivity index (χ3v) is 3.13. The van der Waals surface area contributed by atoms with Gasteiger partial charge in [0.25, 0.3) is 0 Å². The molecule has 0 radical (unpaired) electrons. The van der Waals surface area contributed by atoms with E-state index in [9.17, 15) is 4.79 Å². The van der Waals surface area contributed by atoms with Crippen molar-refractivity contribution in [1.29, 1.82) is 0 Å². The van der Waals surface area contributed by atoms with Crippen LogP contribution in [0.5, 0.6) is 0 Å². The highest BCUT2D eigenvalue weighted by Gasteiger charge is 2.27. The lowest BCUT2D eigenvalue weighted by atomic mass is 9.81. The minimum atomic E-state index is -0.662. The fourth-order valence-corrected chi connectivity index (χ4v) is 2.20. The van der Waals surface area contributed by atoms with Crippen LogP contribution in [-0.2, 0) is 4.79 Å². The minimum absolute atomic E-state index is 0.158. The van der Waals surface area contributed by atoms with E-state index in [1.165, 1.54) is 0 Å². The van der Waals surface area contributed by atoms with Gasteiger partial charge in [-0.25, -0.2) is 4.98 Å². The SMILES string of the molecule is Cc1nc(C2CCC(C(=O)O)CC2)co1. The van der Waals surface area contributed by atoms with Crippen LogP contribution in [0, 0.1) is 12.8 Å². The van der Waals surface area contributed by atoms with Gasteiger partial charge in [-0.1, -0.05) is 0 Å². The molecule has 0 aromatic carbocycles. The van der Waals surface area contributed by atoms with E-state index in [0.29, 0.717) is 11.8 Å². The second-order valence-corrected chi connectivity index (χ2v) is 4.18. The molecule has 1 aromatic rings. The van der Waals surface area contributed by atoms with Crippen molar-refractivity contribution in [2.45, 2.75) is 38.5 Å². The predicted octanol–water partition coefficient (Wildman–Crippen LogP) is 2.34. The van der Waals surface area contributed by atoms with Gasteiger partial charge in [-0.3, -0.25) is 4.79 Å². The molecule has 1 heterocycles. The molecule has 0 saturated heterocycles. The van der Waals surface area contributed by atoms with Gasteiger partial charge < -0.3 is 9.52 Å². The molecule has 4 nitrogen and oxygen atoms in total. The number of carboxylic acid groups (broad SMARTS) is 1. The van der Waals surface area contributed by atoms with Crippen molar-refractivity contribution >= 4 is 5.97 Å². The van der Waals surface area contributed by atoms with E-state index < -0.39 is 5.97 Å². The predicted molar refractivity (Wildman–Crippen MR) is 53.6 cm³/mol. The second-order valence-electron chi connectivity index (χ2n) is 4.18. The van der Waals surface area contributed by atoms with Crippen LogP contribution in [0.4, 0.5) is 0 Å². The minimum Gasteiger partial charge on any atom is -0.481 e. The highest BCUT2D eigenvalue weighted by Crippen LogP contribution is 2.35. The van der Waals surface area contributed by atoms with Crippen LogP contribution in [0.1, 0.15) is 43.2 Å². The van der Waals surface area contributed by atoms with E-state index in [1.54, 1.807) is 6.26 Å². The summed E-state index contributed by atoms with van der Waals surface area (Å²) in [6, 6.07) is 0. The molecule has 0 amide bonds. The summed E-state index contributed by atoms with van der Waals surface area (Å²) in [7, 11) is 0. The van der Waals surface area contributed by atoms with Crippen LogP contribution in [-0.4, -0.2) is 16.1 Å². The van der Waals surface area contributed by atoms with E-state index in [-0.39, 0.29) is 5.92 Å². The van der Waals surface area contributed by atoms with E-state index in [2.05, 4.69) is 4.98 Å². The summed E-state index contributed by atoms with van der Waals surface area (Å²) < 4.78 is 5.16. The van der Waals surface area contributed by atoms with Crippen molar-refractivity contribution in [2.24, 2.45) is 5.92 Å². The van der Waals surface area contributed by atoms with E-state index in [1.807, 2.05) is 6.92 Å². The van der Waals surface area contributed by atoms with Gasteiger partial charge in [0.2, 0.25) is 0 Å². The first kappa shape index (κ1) is 10.2. The van der Waals surface area contributed by atoms with E-state index >= 15 is 0 Å². The fourth-order valence-electron chi connectivity index (χ4n) is 2.20. The number of aliphatic carboxylic acids is 1. The van der Waals surface area contributed by atoms with Crippen LogP contribution in [0.3, 0.4) is 0 Å². The van der Waals surface area contributed by atoms with Crippen molar-refractivity contribution in [3.05, 3.63) is 17.8 Å². The van der Waals surface area contributed by atoms with E-state index in [0.717, 1.165) is 31.4 Å². The zero-order valence-electron chi connectivity index (χ0n) is 8.77. The molecule has 0 aliphatic heterocycles. The average Bonchev–Trinajstić information content (AvgIpc) is 2.65. The molecule has 0 spiro atoms. The van der Waals surface area contributed by atoms with Crippen LogP contribution >= 0.6 is 0 Å². The van der Waals surface area contributed by atoms with E-state index in [4.69, 9.17) is 9.52 Å². The first-order chi connectivity index (χ1) is 7.16. The third-order valence-electron chi connectivity index (χ3n) is 3.13. The average molecular weight is 209 g/mol.